The van der Waals surface area contributed by atoms with Crippen LogP contribution >= 0.6 is 23.1 Å². The third-order valence-corrected chi connectivity index (χ3v) is 6.43. The average Bonchev–Trinajstić information content (AvgIpc) is 3.06. The van der Waals surface area contributed by atoms with Crippen molar-refractivity contribution >= 4 is 55.1 Å². The molecule has 0 fully saturated rings. The Hall–Kier alpha value is -2.71. The van der Waals surface area contributed by atoms with Gasteiger partial charge in [-0.2, -0.15) is 0 Å². The number of thioether (sulfide) groups is 1. The standard InChI is InChI=1S/C20H18N4O2S2/c1-11-8-12(2)23-19-16(11)17-18(28-19)20(22-10-21-17)27-9-15(25)24-13-4-6-14(26-3)7-5-13/h4-8,10H,9H2,1-3H3,(H,24,25). The summed E-state index contributed by atoms with van der Waals surface area (Å²) in [7, 11) is 1.61. The van der Waals surface area contributed by atoms with Crippen molar-refractivity contribution in [2.45, 2.75) is 18.9 Å². The summed E-state index contributed by atoms with van der Waals surface area (Å²) in [6, 6.07) is 9.31. The molecular weight excluding hydrogens is 392 g/mol. The second-order valence-electron chi connectivity index (χ2n) is 6.28. The Kier molecular flexibility index (Phi) is 5.15. The number of aryl methyl sites for hydroxylation is 2. The molecule has 4 aromatic rings. The first-order valence-corrected chi connectivity index (χ1v) is 10.4. The number of aromatic nitrogens is 3. The molecule has 0 saturated heterocycles. The van der Waals surface area contributed by atoms with Crippen LogP contribution in [0.15, 0.2) is 41.7 Å². The summed E-state index contributed by atoms with van der Waals surface area (Å²) in [5, 5.41) is 4.76. The van der Waals surface area contributed by atoms with Crippen molar-refractivity contribution in [3.63, 3.8) is 0 Å². The Balaban J connectivity index is 1.54. The molecule has 0 spiro atoms. The van der Waals surface area contributed by atoms with E-state index in [4.69, 9.17) is 4.74 Å². The zero-order valence-corrected chi connectivity index (χ0v) is 17.3. The van der Waals surface area contributed by atoms with Crippen molar-refractivity contribution in [2.24, 2.45) is 0 Å². The molecule has 3 heterocycles. The van der Waals surface area contributed by atoms with Crippen LogP contribution in [0.1, 0.15) is 11.3 Å². The number of benzene rings is 1. The number of nitrogens with zero attached hydrogens (tertiary/aromatic N) is 3. The number of nitrogens with one attached hydrogen (secondary N) is 1. The highest BCUT2D eigenvalue weighted by atomic mass is 32.2. The lowest BCUT2D eigenvalue weighted by atomic mass is 10.1. The molecule has 0 aliphatic carbocycles. The van der Waals surface area contributed by atoms with Gasteiger partial charge in [0, 0.05) is 16.8 Å². The van der Waals surface area contributed by atoms with Gasteiger partial charge in [-0.15, -0.1) is 11.3 Å². The molecule has 0 aliphatic heterocycles. The highest BCUT2D eigenvalue weighted by Crippen LogP contribution is 2.37. The van der Waals surface area contributed by atoms with Gasteiger partial charge in [-0.3, -0.25) is 4.79 Å². The summed E-state index contributed by atoms with van der Waals surface area (Å²) in [5.74, 6) is 0.922. The number of methoxy groups -OCH3 is 1. The number of hydrogen-bond donors (Lipinski definition) is 1. The Bertz CT molecular complexity index is 1170. The normalized spacial score (nSPS) is 11.1. The molecule has 6 nitrogen and oxygen atoms in total. The fourth-order valence-electron chi connectivity index (χ4n) is 3.00. The first-order valence-electron chi connectivity index (χ1n) is 8.63. The number of rotatable bonds is 5. The number of fused-ring (bicyclic) bond motifs is 3. The molecule has 0 atom stereocenters. The molecule has 1 amide bonds. The summed E-state index contributed by atoms with van der Waals surface area (Å²) in [5.41, 5.74) is 3.77. The zero-order chi connectivity index (χ0) is 19.7. The number of amides is 1. The van der Waals surface area contributed by atoms with Gasteiger partial charge in [0.2, 0.25) is 5.91 Å². The molecule has 0 aliphatic rings. The number of thiophene rings is 1. The van der Waals surface area contributed by atoms with Gasteiger partial charge in [-0.25, -0.2) is 15.0 Å². The van der Waals surface area contributed by atoms with Crippen molar-refractivity contribution in [2.75, 3.05) is 18.2 Å². The van der Waals surface area contributed by atoms with E-state index < -0.39 is 0 Å². The van der Waals surface area contributed by atoms with Crippen molar-refractivity contribution in [3.8, 4) is 5.75 Å². The Morgan fingerprint density at radius 1 is 1.21 bits per heavy atom. The first kappa shape index (κ1) is 18.6. The second kappa shape index (κ2) is 7.73. The number of anilines is 1. The van der Waals surface area contributed by atoms with Crippen LogP contribution in [0, 0.1) is 13.8 Å². The Morgan fingerprint density at radius 3 is 2.75 bits per heavy atom. The number of pyridine rings is 1. The van der Waals surface area contributed by atoms with Crippen LogP contribution < -0.4 is 10.1 Å². The topological polar surface area (TPSA) is 77.0 Å². The number of carbonyl (C=O) groups is 1. The Labute approximate surface area is 170 Å². The van der Waals surface area contributed by atoms with Gasteiger partial charge in [0.15, 0.2) is 0 Å². The molecule has 0 saturated carbocycles. The van der Waals surface area contributed by atoms with Gasteiger partial charge in [0.1, 0.15) is 21.9 Å². The van der Waals surface area contributed by atoms with E-state index in [0.29, 0.717) is 0 Å². The van der Waals surface area contributed by atoms with Gasteiger partial charge in [0.05, 0.1) is 23.1 Å². The van der Waals surface area contributed by atoms with Gasteiger partial charge >= 0.3 is 0 Å². The van der Waals surface area contributed by atoms with E-state index in [1.807, 2.05) is 31.2 Å². The fraction of sp³-hybridized carbons (Fsp3) is 0.200. The predicted octanol–water partition coefficient (Wildman–Crippen LogP) is 4.60. The highest BCUT2D eigenvalue weighted by Gasteiger charge is 2.16. The maximum atomic E-state index is 12.3. The SMILES string of the molecule is COc1ccc(NC(=O)CSc2ncnc3c2sc2nc(C)cc(C)c23)cc1. The highest BCUT2D eigenvalue weighted by molar-refractivity contribution is 8.00. The van der Waals surface area contributed by atoms with E-state index in [9.17, 15) is 4.79 Å². The summed E-state index contributed by atoms with van der Waals surface area (Å²) < 4.78 is 6.10. The minimum atomic E-state index is -0.0896. The number of carbonyl (C=O) groups excluding carboxylic acids is 1. The maximum Gasteiger partial charge on any atom is 0.234 e. The zero-order valence-electron chi connectivity index (χ0n) is 15.6. The monoisotopic (exact) mass is 410 g/mol. The molecule has 28 heavy (non-hydrogen) atoms. The summed E-state index contributed by atoms with van der Waals surface area (Å²) in [6.07, 6.45) is 1.55. The largest absolute Gasteiger partial charge is 0.497 e. The molecular formula is C20H18N4O2S2. The van der Waals surface area contributed by atoms with Crippen molar-refractivity contribution in [1.82, 2.24) is 15.0 Å². The van der Waals surface area contributed by atoms with E-state index in [-0.39, 0.29) is 11.7 Å². The van der Waals surface area contributed by atoms with Crippen LogP contribution in [-0.4, -0.2) is 33.7 Å². The minimum Gasteiger partial charge on any atom is -0.497 e. The maximum absolute atomic E-state index is 12.3. The van der Waals surface area contributed by atoms with E-state index in [1.165, 1.54) is 11.8 Å². The average molecular weight is 411 g/mol. The van der Waals surface area contributed by atoms with E-state index in [2.05, 4.69) is 33.3 Å². The third-order valence-electron chi connectivity index (χ3n) is 4.23. The lowest BCUT2D eigenvalue weighted by Crippen LogP contribution is -2.14. The summed E-state index contributed by atoms with van der Waals surface area (Å²) in [6.45, 7) is 4.06. The smallest absolute Gasteiger partial charge is 0.234 e. The van der Waals surface area contributed by atoms with Crippen molar-refractivity contribution in [1.29, 1.82) is 0 Å². The summed E-state index contributed by atoms with van der Waals surface area (Å²) in [4.78, 5) is 26.8. The molecule has 8 heteroatoms. The number of ether oxygens (including phenoxy) is 1. The quantitative estimate of drug-likeness (QED) is 0.383. The molecule has 0 bridgehead atoms. The second-order valence-corrected chi connectivity index (χ2v) is 8.25. The van der Waals surface area contributed by atoms with Gasteiger partial charge in [-0.05, 0) is 49.7 Å². The van der Waals surface area contributed by atoms with Gasteiger partial charge < -0.3 is 10.1 Å². The van der Waals surface area contributed by atoms with Crippen LogP contribution in [0.25, 0.3) is 20.4 Å². The third kappa shape index (κ3) is 3.65. The lowest BCUT2D eigenvalue weighted by Gasteiger charge is -2.06. The predicted molar refractivity (Wildman–Crippen MR) is 115 cm³/mol. The van der Waals surface area contributed by atoms with Crippen LogP contribution in [0.2, 0.25) is 0 Å². The van der Waals surface area contributed by atoms with E-state index >= 15 is 0 Å². The molecule has 1 aromatic carbocycles. The number of hydrogen-bond acceptors (Lipinski definition) is 7. The first-order chi connectivity index (χ1) is 13.5. The molecule has 142 valence electrons. The molecule has 3 aromatic heterocycles. The van der Waals surface area contributed by atoms with Crippen LogP contribution in [0.4, 0.5) is 5.69 Å². The van der Waals surface area contributed by atoms with E-state index in [1.54, 1.807) is 24.8 Å². The van der Waals surface area contributed by atoms with Crippen LogP contribution in [0.3, 0.4) is 0 Å². The fourth-order valence-corrected chi connectivity index (χ4v) is 5.12. The minimum absolute atomic E-state index is 0.0896. The summed E-state index contributed by atoms with van der Waals surface area (Å²) >= 11 is 2.98. The Morgan fingerprint density at radius 2 is 2.00 bits per heavy atom. The van der Waals surface area contributed by atoms with Gasteiger partial charge in [0.25, 0.3) is 0 Å². The molecule has 1 N–H and O–H groups in total. The van der Waals surface area contributed by atoms with Crippen molar-refractivity contribution < 1.29 is 9.53 Å². The molecule has 4 rings (SSSR count). The van der Waals surface area contributed by atoms with E-state index in [0.717, 1.165) is 48.2 Å². The molecule has 0 radical (unpaired) electrons. The van der Waals surface area contributed by atoms with Crippen LogP contribution in [-0.2, 0) is 4.79 Å². The lowest BCUT2D eigenvalue weighted by molar-refractivity contribution is -0.113. The van der Waals surface area contributed by atoms with Crippen LogP contribution in [0.5, 0.6) is 5.75 Å². The van der Waals surface area contributed by atoms with Gasteiger partial charge in [-0.1, -0.05) is 11.8 Å². The molecule has 0 unspecified atom stereocenters. The van der Waals surface area contributed by atoms with Crippen molar-refractivity contribution in [3.05, 3.63) is 47.9 Å².